The van der Waals surface area contributed by atoms with Crippen LogP contribution in [0.25, 0.3) is 0 Å². The fourth-order valence-corrected chi connectivity index (χ4v) is 4.74. The predicted molar refractivity (Wildman–Crippen MR) is 128 cm³/mol. The number of hydrogen-bond donors (Lipinski definition) is 1. The van der Waals surface area contributed by atoms with Crippen molar-refractivity contribution in [2.75, 3.05) is 27.6 Å². The normalized spacial score (nSPS) is 15.3. The zero-order chi connectivity index (χ0) is 25.2. The topological polar surface area (TPSA) is 108 Å². The van der Waals surface area contributed by atoms with Crippen LogP contribution in [0.5, 0.6) is 23.0 Å². The maximum atomic E-state index is 12.8. The van der Waals surface area contributed by atoms with Gasteiger partial charge in [0.25, 0.3) is 0 Å². The average molecular weight is 494 g/mol. The number of carbonyl (C=O) groups is 1. The molecule has 0 bridgehead atoms. The summed E-state index contributed by atoms with van der Waals surface area (Å²) in [5.74, 6) is -0.233. The second-order valence-electron chi connectivity index (χ2n) is 8.81. The van der Waals surface area contributed by atoms with Gasteiger partial charge in [0.2, 0.25) is 23.7 Å². The largest absolute Gasteiger partial charge is 0.502 e. The van der Waals surface area contributed by atoms with Crippen molar-refractivity contribution in [2.45, 2.75) is 31.8 Å². The molecule has 0 radical (unpaired) electrons. The van der Waals surface area contributed by atoms with Crippen LogP contribution >= 0.6 is 0 Å². The van der Waals surface area contributed by atoms with E-state index in [-0.39, 0.29) is 19.0 Å². The Bertz CT molecular complexity index is 1350. The number of esters is 1. The first kappa shape index (κ1) is 23.7. The maximum absolute atomic E-state index is 12.8. The number of carbonyl (C=O) groups excluding carboxylic acids is 1. The fraction of sp³-hybridized carbons (Fsp3) is 0.333. The number of rotatable bonds is 7. The molecule has 9 heteroatoms. The fourth-order valence-electron chi connectivity index (χ4n) is 4.74. The monoisotopic (exact) mass is 493 g/mol. The van der Waals surface area contributed by atoms with Crippen molar-refractivity contribution >= 4 is 5.97 Å². The summed E-state index contributed by atoms with van der Waals surface area (Å²) in [6.45, 7) is 1.95. The molecular weight excluding hydrogens is 466 g/mol. The van der Waals surface area contributed by atoms with Crippen molar-refractivity contribution in [3.63, 3.8) is 0 Å². The van der Waals surface area contributed by atoms with E-state index in [0.717, 1.165) is 19.5 Å². The summed E-state index contributed by atoms with van der Waals surface area (Å²) in [7, 11) is 2.77. The van der Waals surface area contributed by atoms with E-state index in [1.165, 1.54) is 31.4 Å². The van der Waals surface area contributed by atoms with E-state index >= 15 is 0 Å². The van der Waals surface area contributed by atoms with E-state index in [0.29, 0.717) is 35.1 Å². The first-order chi connectivity index (χ1) is 17.5. The van der Waals surface area contributed by atoms with Gasteiger partial charge >= 0.3 is 5.97 Å². The Hall–Kier alpha value is -3.98. The highest BCUT2D eigenvalue weighted by Crippen LogP contribution is 2.45. The second kappa shape index (κ2) is 9.94. The van der Waals surface area contributed by atoms with Crippen LogP contribution in [0.1, 0.15) is 40.5 Å². The number of fused-ring (bicyclic) bond motifs is 2. The minimum atomic E-state index is -0.824. The van der Waals surface area contributed by atoms with Gasteiger partial charge in [-0.3, -0.25) is 14.5 Å². The Morgan fingerprint density at radius 1 is 1.14 bits per heavy atom. The third-order valence-corrected chi connectivity index (χ3v) is 6.59. The van der Waals surface area contributed by atoms with Crippen LogP contribution in [0.4, 0.5) is 0 Å². The van der Waals surface area contributed by atoms with Crippen molar-refractivity contribution in [1.29, 1.82) is 0 Å². The number of hydrogen-bond acceptors (Lipinski definition) is 9. The van der Waals surface area contributed by atoms with Crippen molar-refractivity contribution in [3.05, 3.63) is 80.9 Å². The number of benzene rings is 2. The van der Waals surface area contributed by atoms with Crippen LogP contribution in [0.2, 0.25) is 0 Å². The predicted octanol–water partition coefficient (Wildman–Crippen LogP) is 3.34. The molecule has 0 spiro atoms. The number of aromatic hydroxyl groups is 1. The van der Waals surface area contributed by atoms with E-state index in [4.69, 9.17) is 23.4 Å². The molecule has 2 aliphatic heterocycles. The summed E-state index contributed by atoms with van der Waals surface area (Å²) in [5.41, 5.74) is 2.52. The van der Waals surface area contributed by atoms with Gasteiger partial charge in [-0.15, -0.1) is 0 Å². The van der Waals surface area contributed by atoms with Gasteiger partial charge < -0.3 is 28.5 Å². The molecule has 5 rings (SSSR count). The number of ether oxygens (including phenoxy) is 4. The third kappa shape index (κ3) is 4.61. The molecule has 36 heavy (non-hydrogen) atoms. The zero-order valence-electron chi connectivity index (χ0n) is 20.1. The third-order valence-electron chi connectivity index (χ3n) is 6.59. The number of methoxy groups -OCH3 is 2. The first-order valence-corrected chi connectivity index (χ1v) is 11.7. The minimum absolute atomic E-state index is 0.0128. The highest BCUT2D eigenvalue weighted by Gasteiger charge is 2.30. The molecule has 2 aliphatic rings. The van der Waals surface area contributed by atoms with Gasteiger partial charge in [0.15, 0.2) is 17.3 Å². The molecule has 9 nitrogen and oxygen atoms in total. The van der Waals surface area contributed by atoms with Crippen LogP contribution in [-0.2, 0) is 29.0 Å². The van der Waals surface area contributed by atoms with E-state index in [2.05, 4.69) is 17.0 Å². The molecule has 0 aliphatic carbocycles. The Labute approximate surface area is 207 Å². The minimum Gasteiger partial charge on any atom is -0.502 e. The van der Waals surface area contributed by atoms with Crippen molar-refractivity contribution < 1.29 is 33.3 Å². The van der Waals surface area contributed by atoms with Crippen LogP contribution in [0.15, 0.2) is 51.7 Å². The number of nitrogens with zero attached hydrogens (tertiary/aromatic N) is 1. The van der Waals surface area contributed by atoms with Crippen molar-refractivity contribution in [1.82, 2.24) is 4.90 Å². The standard InChI is InChI=1S/C27H27NO8/c1-32-22-9-18(10-23-27(22)35-15-34-23)20(12-24(30)33-2)26-25(31)21(29)11-19(36-26)14-28-8-7-16-5-3-4-6-17(16)13-28/h3-6,9-11,20,31H,7-8,12-15H2,1-2H3. The average Bonchev–Trinajstić information content (AvgIpc) is 3.37. The van der Waals surface area contributed by atoms with Crippen LogP contribution < -0.4 is 19.6 Å². The summed E-state index contributed by atoms with van der Waals surface area (Å²) in [6, 6.07) is 12.9. The van der Waals surface area contributed by atoms with Gasteiger partial charge in [-0.05, 0) is 35.2 Å². The summed E-state index contributed by atoms with van der Waals surface area (Å²) in [4.78, 5) is 27.3. The van der Waals surface area contributed by atoms with Gasteiger partial charge in [-0.25, -0.2) is 0 Å². The van der Waals surface area contributed by atoms with Gasteiger partial charge in [-0.1, -0.05) is 24.3 Å². The first-order valence-electron chi connectivity index (χ1n) is 11.7. The quantitative estimate of drug-likeness (QED) is 0.496. The highest BCUT2D eigenvalue weighted by molar-refractivity contribution is 5.71. The van der Waals surface area contributed by atoms with Gasteiger partial charge in [0, 0.05) is 19.2 Å². The maximum Gasteiger partial charge on any atom is 0.306 e. The summed E-state index contributed by atoms with van der Waals surface area (Å²) in [5, 5.41) is 10.7. The SMILES string of the molecule is COC(=O)CC(c1cc(OC)c2c(c1)OCO2)c1oc(CN2CCc3ccccc3C2)cc(=O)c1O. The molecule has 2 aromatic carbocycles. The molecule has 3 aromatic rings. The summed E-state index contributed by atoms with van der Waals surface area (Å²) >= 11 is 0. The molecule has 0 fully saturated rings. The van der Waals surface area contributed by atoms with Gasteiger partial charge in [0.05, 0.1) is 33.1 Å². The van der Waals surface area contributed by atoms with Crippen LogP contribution in [0, 0.1) is 0 Å². The lowest BCUT2D eigenvalue weighted by Crippen LogP contribution is -2.30. The van der Waals surface area contributed by atoms with Gasteiger partial charge in [-0.2, -0.15) is 0 Å². The van der Waals surface area contributed by atoms with E-state index in [9.17, 15) is 14.7 Å². The smallest absolute Gasteiger partial charge is 0.306 e. The molecule has 0 saturated carbocycles. The van der Waals surface area contributed by atoms with Crippen molar-refractivity contribution in [2.24, 2.45) is 0 Å². The Morgan fingerprint density at radius 3 is 2.72 bits per heavy atom. The second-order valence-corrected chi connectivity index (χ2v) is 8.81. The van der Waals surface area contributed by atoms with E-state index in [1.54, 1.807) is 12.1 Å². The molecule has 0 amide bonds. The molecular formula is C27H27NO8. The lowest BCUT2D eigenvalue weighted by molar-refractivity contribution is -0.140. The molecule has 188 valence electrons. The lowest BCUT2D eigenvalue weighted by Gasteiger charge is -2.28. The van der Waals surface area contributed by atoms with E-state index < -0.39 is 23.1 Å². The molecule has 1 unspecified atom stereocenters. The highest BCUT2D eigenvalue weighted by atomic mass is 16.7. The van der Waals surface area contributed by atoms with Crippen molar-refractivity contribution in [3.8, 4) is 23.0 Å². The zero-order valence-corrected chi connectivity index (χ0v) is 20.1. The molecule has 1 N–H and O–H groups in total. The lowest BCUT2D eigenvalue weighted by atomic mass is 9.91. The van der Waals surface area contributed by atoms with Crippen LogP contribution in [0.3, 0.4) is 0 Å². The Kier molecular flexibility index (Phi) is 6.56. The van der Waals surface area contributed by atoms with E-state index in [1.807, 2.05) is 12.1 Å². The molecule has 0 saturated heterocycles. The van der Waals surface area contributed by atoms with Gasteiger partial charge in [0.1, 0.15) is 5.76 Å². The molecule has 1 atom stereocenters. The Balaban J connectivity index is 1.51. The Morgan fingerprint density at radius 2 is 1.94 bits per heavy atom. The molecule has 3 heterocycles. The van der Waals surface area contributed by atoms with Crippen LogP contribution in [-0.4, -0.2) is 43.5 Å². The molecule has 1 aromatic heterocycles. The summed E-state index contributed by atoms with van der Waals surface area (Å²) in [6.07, 6.45) is 0.726. The summed E-state index contributed by atoms with van der Waals surface area (Å²) < 4.78 is 27.4.